The van der Waals surface area contributed by atoms with Gasteiger partial charge in [0.05, 0.1) is 27.6 Å². The molecule has 0 saturated carbocycles. The lowest BCUT2D eigenvalue weighted by molar-refractivity contribution is -0.600. The summed E-state index contributed by atoms with van der Waals surface area (Å²) in [4.78, 5) is 5.24. The van der Waals surface area contributed by atoms with Crippen molar-refractivity contribution in [2.45, 2.75) is 12.3 Å². The molecule has 3 N–H and O–H groups in total. The predicted molar refractivity (Wildman–Crippen MR) is 223 cm³/mol. The van der Waals surface area contributed by atoms with Crippen LogP contribution in [0, 0.1) is 0 Å². The maximum Gasteiger partial charge on any atom is 0.230 e. The zero-order valence-corrected chi connectivity index (χ0v) is 29.5. The van der Waals surface area contributed by atoms with Gasteiger partial charge in [0.25, 0.3) is 0 Å². The molecule has 2 atom stereocenters. The quantitative estimate of drug-likeness (QED) is 0.185. The van der Waals surface area contributed by atoms with Crippen molar-refractivity contribution in [1.82, 2.24) is 14.5 Å². The molecule has 5 heteroatoms. The molecule has 0 saturated heterocycles. The smallest absolute Gasteiger partial charge is 0.230 e. The van der Waals surface area contributed by atoms with Crippen molar-refractivity contribution >= 4 is 60.2 Å². The SMILES string of the molecule is c1ccc(C2=NC(c3ccc4cc(-n5c6ccccc6c6cc7c8ccccc8n(-c8ccccc8)c7cc65)ccc4c3)NC(c3ccccc3)[NH2+]2)cc1. The topological polar surface area (TPSA) is 50.9 Å². The number of hydrogen-bond donors (Lipinski definition) is 2. The van der Waals surface area contributed by atoms with E-state index >= 15 is 0 Å². The van der Waals surface area contributed by atoms with E-state index in [-0.39, 0.29) is 12.3 Å². The summed E-state index contributed by atoms with van der Waals surface area (Å²) in [5.41, 5.74) is 10.6. The number of fused-ring (bicyclic) bond motifs is 7. The fourth-order valence-electron chi connectivity index (χ4n) is 8.52. The molecule has 11 rings (SSSR count). The first-order valence-corrected chi connectivity index (χ1v) is 18.6. The number of aromatic nitrogens is 2. The van der Waals surface area contributed by atoms with Crippen molar-refractivity contribution in [2.75, 3.05) is 0 Å². The number of amidine groups is 1. The average Bonchev–Trinajstić information content (AvgIpc) is 3.75. The summed E-state index contributed by atoms with van der Waals surface area (Å²) in [5, 5.41) is 13.5. The van der Waals surface area contributed by atoms with Crippen LogP contribution in [-0.2, 0) is 0 Å². The van der Waals surface area contributed by atoms with Gasteiger partial charge in [-0.05, 0) is 83.1 Å². The Labute approximate surface area is 312 Å². The molecule has 256 valence electrons. The third kappa shape index (κ3) is 4.98. The van der Waals surface area contributed by atoms with Gasteiger partial charge < -0.3 is 9.13 Å². The summed E-state index contributed by atoms with van der Waals surface area (Å²) in [7, 11) is 0. The Balaban J connectivity index is 1.05. The number of nitrogens with one attached hydrogen (secondary N) is 1. The first-order valence-electron chi connectivity index (χ1n) is 18.6. The molecule has 0 radical (unpaired) electrons. The predicted octanol–water partition coefficient (Wildman–Crippen LogP) is 10.3. The van der Waals surface area contributed by atoms with Gasteiger partial charge in [0.1, 0.15) is 6.17 Å². The van der Waals surface area contributed by atoms with Gasteiger partial charge in [-0.3, -0.25) is 5.32 Å². The third-order valence-electron chi connectivity index (χ3n) is 11.1. The van der Waals surface area contributed by atoms with Crippen molar-refractivity contribution in [1.29, 1.82) is 0 Å². The van der Waals surface area contributed by atoms with Crippen LogP contribution in [0.15, 0.2) is 193 Å². The van der Waals surface area contributed by atoms with Crippen LogP contribution in [0.4, 0.5) is 0 Å². The summed E-state index contributed by atoms with van der Waals surface area (Å²) < 4.78 is 4.84. The largest absolute Gasteiger partial charge is 0.309 e. The second-order valence-corrected chi connectivity index (χ2v) is 14.2. The van der Waals surface area contributed by atoms with Crippen LogP contribution in [0.2, 0.25) is 0 Å². The van der Waals surface area contributed by atoms with Crippen LogP contribution in [0.25, 0.3) is 65.8 Å². The number of aliphatic imine (C=N–C) groups is 1. The van der Waals surface area contributed by atoms with E-state index in [1.54, 1.807) is 0 Å². The van der Waals surface area contributed by atoms with Gasteiger partial charge >= 0.3 is 0 Å². The van der Waals surface area contributed by atoms with Crippen LogP contribution in [-0.4, -0.2) is 15.0 Å². The molecule has 1 aliphatic heterocycles. The van der Waals surface area contributed by atoms with E-state index in [9.17, 15) is 0 Å². The average molecular weight is 695 g/mol. The zero-order valence-electron chi connectivity index (χ0n) is 29.5. The second kappa shape index (κ2) is 12.4. The van der Waals surface area contributed by atoms with Gasteiger partial charge in [-0.2, -0.15) is 0 Å². The minimum absolute atomic E-state index is 0.0457. The Kier molecular flexibility index (Phi) is 7.08. The molecule has 3 heterocycles. The van der Waals surface area contributed by atoms with E-state index < -0.39 is 0 Å². The van der Waals surface area contributed by atoms with Gasteiger partial charge in [0.2, 0.25) is 5.84 Å². The van der Waals surface area contributed by atoms with E-state index in [0.29, 0.717) is 0 Å². The number of quaternary nitrogens is 1. The Morgan fingerprint density at radius 3 is 1.70 bits per heavy atom. The number of nitrogens with two attached hydrogens (primary N) is 1. The third-order valence-corrected chi connectivity index (χ3v) is 11.1. The number of hydrogen-bond acceptors (Lipinski definition) is 2. The molecular weight excluding hydrogens is 659 g/mol. The zero-order chi connectivity index (χ0) is 35.6. The molecule has 2 unspecified atom stereocenters. The van der Waals surface area contributed by atoms with E-state index in [4.69, 9.17) is 4.99 Å². The molecule has 5 nitrogen and oxygen atoms in total. The molecular formula is C49H36N5+. The summed E-state index contributed by atoms with van der Waals surface area (Å²) >= 11 is 0. The standard InChI is InChI=1S/C49H35N5/c1-4-14-32(15-5-1)47-50-48(33-16-6-2-7-17-33)52-49(51-47)36-25-24-35-29-38(27-26-34(35)28-36)54-44-23-13-11-21-40(44)42-30-41-39-20-10-12-22-43(39)53(45(41)31-46(42)54)37-18-8-3-9-19-37/h1-31,47,49,51H,(H,50,52)/p+1. The molecule has 0 bridgehead atoms. The van der Waals surface area contributed by atoms with E-state index in [1.165, 1.54) is 59.9 Å². The van der Waals surface area contributed by atoms with Crippen LogP contribution in [0.1, 0.15) is 29.0 Å². The minimum atomic E-state index is -0.185. The highest BCUT2D eigenvalue weighted by atomic mass is 15.3. The summed E-state index contributed by atoms with van der Waals surface area (Å²) in [6, 6.07) is 67.8. The molecule has 8 aromatic carbocycles. The van der Waals surface area contributed by atoms with Crippen molar-refractivity contribution in [3.8, 4) is 11.4 Å². The van der Waals surface area contributed by atoms with Crippen molar-refractivity contribution in [3.05, 3.63) is 205 Å². The maximum atomic E-state index is 5.24. The number of nitrogens with zero attached hydrogens (tertiary/aromatic N) is 3. The number of benzene rings is 8. The highest BCUT2D eigenvalue weighted by Gasteiger charge is 2.29. The fraction of sp³-hybridized carbons (Fsp3) is 0.0408. The van der Waals surface area contributed by atoms with Crippen molar-refractivity contribution in [3.63, 3.8) is 0 Å². The van der Waals surface area contributed by atoms with E-state index in [0.717, 1.165) is 28.3 Å². The lowest BCUT2D eigenvalue weighted by Crippen LogP contribution is -2.93. The minimum Gasteiger partial charge on any atom is -0.309 e. The lowest BCUT2D eigenvalue weighted by Gasteiger charge is -2.28. The first-order chi connectivity index (χ1) is 26.8. The Morgan fingerprint density at radius 1 is 0.426 bits per heavy atom. The summed E-state index contributed by atoms with van der Waals surface area (Å²) in [6.45, 7) is 0. The summed E-state index contributed by atoms with van der Waals surface area (Å²) in [6.07, 6.45) is -0.139. The maximum absolute atomic E-state index is 5.24. The fourth-order valence-corrected chi connectivity index (χ4v) is 8.52. The van der Waals surface area contributed by atoms with Gasteiger partial charge in [-0.1, -0.05) is 121 Å². The molecule has 54 heavy (non-hydrogen) atoms. The first kappa shape index (κ1) is 30.8. The van der Waals surface area contributed by atoms with E-state index in [1.807, 2.05) is 0 Å². The highest BCUT2D eigenvalue weighted by molar-refractivity contribution is 6.19. The normalized spacial score (nSPS) is 16.1. The van der Waals surface area contributed by atoms with Gasteiger partial charge in [0.15, 0.2) is 6.17 Å². The molecule has 0 spiro atoms. The van der Waals surface area contributed by atoms with Crippen molar-refractivity contribution < 1.29 is 5.32 Å². The van der Waals surface area contributed by atoms with Crippen LogP contribution in [0.3, 0.4) is 0 Å². The van der Waals surface area contributed by atoms with Crippen molar-refractivity contribution in [2.24, 2.45) is 4.99 Å². The van der Waals surface area contributed by atoms with Crippen LogP contribution in [0.5, 0.6) is 0 Å². The molecule has 2 aromatic heterocycles. The van der Waals surface area contributed by atoms with Gasteiger partial charge in [-0.15, -0.1) is 0 Å². The molecule has 10 aromatic rings. The molecule has 1 aliphatic rings. The number of rotatable bonds is 5. The molecule has 0 aliphatic carbocycles. The Bertz CT molecular complexity index is 3050. The van der Waals surface area contributed by atoms with Gasteiger partial charge in [0, 0.05) is 38.5 Å². The van der Waals surface area contributed by atoms with E-state index in [2.05, 4.69) is 208 Å². The molecule has 0 fully saturated rings. The Hall–Kier alpha value is -6.79. The lowest BCUT2D eigenvalue weighted by atomic mass is 10.0. The highest BCUT2D eigenvalue weighted by Crippen LogP contribution is 2.40. The Morgan fingerprint density at radius 2 is 1.00 bits per heavy atom. The van der Waals surface area contributed by atoms with Gasteiger partial charge in [-0.25, -0.2) is 10.3 Å². The number of para-hydroxylation sites is 3. The van der Waals surface area contributed by atoms with Crippen LogP contribution < -0.4 is 10.6 Å². The molecule has 0 amide bonds. The monoisotopic (exact) mass is 694 g/mol. The summed E-state index contributed by atoms with van der Waals surface area (Å²) in [5.74, 6) is 1.01. The van der Waals surface area contributed by atoms with Crippen LogP contribution >= 0.6 is 0 Å². The second-order valence-electron chi connectivity index (χ2n) is 14.2.